The van der Waals surface area contributed by atoms with Crippen molar-refractivity contribution in [1.29, 1.82) is 0 Å². The van der Waals surface area contributed by atoms with Crippen molar-refractivity contribution in [2.24, 2.45) is 0 Å². The lowest BCUT2D eigenvalue weighted by atomic mass is 10.0. The van der Waals surface area contributed by atoms with E-state index in [9.17, 15) is 13.6 Å². The second-order valence-corrected chi connectivity index (χ2v) is 7.00. The fraction of sp³-hybridized carbons (Fsp3) is 0.111. The Labute approximate surface area is 158 Å². The van der Waals surface area contributed by atoms with Crippen LogP contribution in [0.5, 0.6) is 11.5 Å². The molecule has 1 N–H and O–H groups in total. The van der Waals surface area contributed by atoms with Gasteiger partial charge in [-0.25, -0.2) is 8.78 Å². The van der Waals surface area contributed by atoms with E-state index in [0.29, 0.717) is 37.4 Å². The van der Waals surface area contributed by atoms with Crippen LogP contribution in [0.1, 0.15) is 5.56 Å². The maximum atomic E-state index is 13.7. The largest absolute Gasteiger partial charge is 0.493 e. The van der Waals surface area contributed by atoms with E-state index < -0.39 is 11.6 Å². The molecular formula is C18H13F2NO3S2. The summed E-state index contributed by atoms with van der Waals surface area (Å²) >= 11 is 6.12. The van der Waals surface area contributed by atoms with Gasteiger partial charge in [-0.1, -0.05) is 30.0 Å². The first-order valence-corrected chi connectivity index (χ1v) is 8.61. The number of ether oxygens (including phenoxy) is 2. The van der Waals surface area contributed by atoms with Gasteiger partial charge in [0.2, 0.25) is 0 Å². The molecule has 0 spiro atoms. The van der Waals surface area contributed by atoms with E-state index in [4.69, 9.17) is 21.7 Å². The van der Waals surface area contributed by atoms with Crippen molar-refractivity contribution in [3.63, 3.8) is 0 Å². The molecule has 1 saturated heterocycles. The van der Waals surface area contributed by atoms with Crippen LogP contribution in [0, 0.1) is 11.6 Å². The Morgan fingerprint density at radius 2 is 1.88 bits per heavy atom. The van der Waals surface area contributed by atoms with Crippen LogP contribution in [0.25, 0.3) is 17.2 Å². The lowest BCUT2D eigenvalue weighted by Crippen LogP contribution is -2.17. The van der Waals surface area contributed by atoms with E-state index in [1.165, 1.54) is 20.3 Å². The van der Waals surface area contributed by atoms with Crippen molar-refractivity contribution in [2.45, 2.75) is 0 Å². The predicted octanol–water partition coefficient (Wildman–Crippen LogP) is 4.14. The minimum atomic E-state index is -0.969. The molecule has 1 aliphatic heterocycles. The van der Waals surface area contributed by atoms with Crippen LogP contribution in [0.3, 0.4) is 0 Å². The van der Waals surface area contributed by atoms with Gasteiger partial charge in [0.15, 0.2) is 23.1 Å². The van der Waals surface area contributed by atoms with Gasteiger partial charge in [0.1, 0.15) is 4.32 Å². The number of rotatable bonds is 4. The van der Waals surface area contributed by atoms with E-state index in [1.807, 2.05) is 0 Å². The Balaban J connectivity index is 2.16. The maximum absolute atomic E-state index is 13.7. The molecule has 1 amide bonds. The molecule has 3 rings (SSSR count). The second kappa shape index (κ2) is 7.43. The number of thiocarbonyl (C=S) groups is 1. The van der Waals surface area contributed by atoms with Gasteiger partial charge < -0.3 is 14.8 Å². The number of nitrogens with one attached hydrogen (secondary N) is 1. The Hall–Kier alpha value is -2.45. The zero-order chi connectivity index (χ0) is 18.8. The molecule has 2 aromatic rings. The van der Waals surface area contributed by atoms with Gasteiger partial charge >= 0.3 is 0 Å². The molecule has 0 unspecified atom stereocenters. The van der Waals surface area contributed by atoms with E-state index in [0.717, 1.165) is 23.9 Å². The third-order valence-electron chi connectivity index (χ3n) is 3.67. The van der Waals surface area contributed by atoms with Crippen molar-refractivity contribution in [2.75, 3.05) is 14.2 Å². The maximum Gasteiger partial charge on any atom is 0.263 e. The standard InChI is InChI=1S/C18H13F2NO3S2/c1-23-14-6-9(7-15-17(22)21-18(25)26-15)5-11(16(14)24-2)10-3-4-12(19)13(20)8-10/h3-8H,1-2H3,(H,21,22,25)/b15-7-. The van der Waals surface area contributed by atoms with Crippen LogP contribution < -0.4 is 14.8 Å². The van der Waals surface area contributed by atoms with Crippen LogP contribution in [-0.4, -0.2) is 24.4 Å². The highest BCUT2D eigenvalue weighted by molar-refractivity contribution is 8.26. The normalized spacial score (nSPS) is 15.3. The zero-order valence-corrected chi connectivity index (χ0v) is 15.4. The van der Waals surface area contributed by atoms with E-state index in [1.54, 1.807) is 18.2 Å². The fourth-order valence-electron chi connectivity index (χ4n) is 2.52. The molecule has 134 valence electrons. The third-order valence-corrected chi connectivity index (χ3v) is 4.83. The van der Waals surface area contributed by atoms with Gasteiger partial charge in [-0.2, -0.15) is 0 Å². The van der Waals surface area contributed by atoms with Crippen LogP contribution >= 0.6 is 24.0 Å². The quantitative estimate of drug-likeness (QED) is 0.625. The predicted molar refractivity (Wildman–Crippen MR) is 101 cm³/mol. The van der Waals surface area contributed by atoms with Crippen LogP contribution in [-0.2, 0) is 4.79 Å². The summed E-state index contributed by atoms with van der Waals surface area (Å²) in [7, 11) is 2.92. The van der Waals surface area contributed by atoms with Gasteiger partial charge in [-0.05, 0) is 41.5 Å². The zero-order valence-electron chi connectivity index (χ0n) is 13.8. The first-order chi connectivity index (χ1) is 12.4. The molecule has 0 aliphatic carbocycles. The van der Waals surface area contributed by atoms with Crippen LogP contribution in [0.2, 0.25) is 0 Å². The number of carbonyl (C=O) groups excluding carboxylic acids is 1. The average molecular weight is 393 g/mol. The van der Waals surface area contributed by atoms with E-state index in [2.05, 4.69) is 5.32 Å². The Morgan fingerprint density at radius 1 is 1.12 bits per heavy atom. The van der Waals surface area contributed by atoms with Gasteiger partial charge in [-0.3, -0.25) is 4.79 Å². The van der Waals surface area contributed by atoms with Crippen molar-refractivity contribution in [3.05, 3.63) is 52.4 Å². The number of halogens is 2. The highest BCUT2D eigenvalue weighted by Gasteiger charge is 2.23. The Bertz CT molecular complexity index is 944. The number of amides is 1. The van der Waals surface area contributed by atoms with Gasteiger partial charge in [-0.15, -0.1) is 0 Å². The summed E-state index contributed by atoms with van der Waals surface area (Å²) in [5.74, 6) is -1.43. The molecule has 8 heteroatoms. The first-order valence-electron chi connectivity index (χ1n) is 7.39. The molecule has 1 fully saturated rings. The monoisotopic (exact) mass is 393 g/mol. The number of carbonyl (C=O) groups is 1. The molecule has 0 bridgehead atoms. The van der Waals surface area contributed by atoms with Gasteiger partial charge in [0.25, 0.3) is 5.91 Å². The molecule has 0 atom stereocenters. The fourth-order valence-corrected chi connectivity index (χ4v) is 3.56. The molecule has 2 aromatic carbocycles. The molecule has 4 nitrogen and oxygen atoms in total. The molecule has 1 aliphatic rings. The second-order valence-electron chi connectivity index (χ2n) is 5.29. The Kier molecular flexibility index (Phi) is 5.24. The summed E-state index contributed by atoms with van der Waals surface area (Å²) in [6, 6.07) is 6.95. The Morgan fingerprint density at radius 3 is 2.46 bits per heavy atom. The third kappa shape index (κ3) is 3.56. The number of hydrogen-bond donors (Lipinski definition) is 1. The van der Waals surface area contributed by atoms with Crippen LogP contribution in [0.15, 0.2) is 35.2 Å². The van der Waals surface area contributed by atoms with Gasteiger partial charge in [0, 0.05) is 5.56 Å². The lowest BCUT2D eigenvalue weighted by Gasteiger charge is -2.15. The summed E-state index contributed by atoms with van der Waals surface area (Å²) in [6.07, 6.45) is 1.64. The number of hydrogen-bond acceptors (Lipinski definition) is 5. The summed E-state index contributed by atoms with van der Waals surface area (Å²) in [5, 5.41) is 2.54. The van der Waals surface area contributed by atoms with E-state index >= 15 is 0 Å². The topological polar surface area (TPSA) is 47.6 Å². The van der Waals surface area contributed by atoms with Crippen molar-refractivity contribution < 1.29 is 23.0 Å². The van der Waals surface area contributed by atoms with E-state index in [-0.39, 0.29) is 5.91 Å². The summed E-state index contributed by atoms with van der Waals surface area (Å²) in [5.41, 5.74) is 1.55. The minimum Gasteiger partial charge on any atom is -0.493 e. The molecule has 26 heavy (non-hydrogen) atoms. The summed E-state index contributed by atoms with van der Waals surface area (Å²) in [6.45, 7) is 0. The van der Waals surface area contributed by atoms with Gasteiger partial charge in [0.05, 0.1) is 19.1 Å². The van der Waals surface area contributed by atoms with Crippen molar-refractivity contribution in [3.8, 4) is 22.6 Å². The average Bonchev–Trinajstić information content (AvgIpc) is 2.93. The molecular weight excluding hydrogens is 380 g/mol. The smallest absolute Gasteiger partial charge is 0.263 e. The first kappa shape index (κ1) is 18.3. The SMILES string of the molecule is COc1cc(/C=C2\SC(=S)NC2=O)cc(-c2ccc(F)c(F)c2)c1OC. The summed E-state index contributed by atoms with van der Waals surface area (Å²) < 4.78 is 38.1. The highest BCUT2D eigenvalue weighted by Crippen LogP contribution is 2.40. The number of thioether (sulfide) groups is 1. The number of methoxy groups -OCH3 is 2. The lowest BCUT2D eigenvalue weighted by molar-refractivity contribution is -0.115. The molecule has 0 aromatic heterocycles. The van der Waals surface area contributed by atoms with Crippen LogP contribution in [0.4, 0.5) is 8.78 Å². The molecule has 1 heterocycles. The van der Waals surface area contributed by atoms with Crippen molar-refractivity contribution >= 4 is 40.3 Å². The number of benzene rings is 2. The molecule has 0 saturated carbocycles. The molecule has 0 radical (unpaired) electrons. The van der Waals surface area contributed by atoms with Crippen molar-refractivity contribution in [1.82, 2.24) is 5.32 Å². The highest BCUT2D eigenvalue weighted by atomic mass is 32.2. The summed E-state index contributed by atoms with van der Waals surface area (Å²) in [4.78, 5) is 12.3. The minimum absolute atomic E-state index is 0.288.